The Morgan fingerprint density at radius 2 is 2.28 bits per heavy atom. The Balaban J connectivity index is 2.56. The first kappa shape index (κ1) is 14.9. The number of aromatic nitrogens is 1. The number of rotatable bonds is 6. The van der Waals surface area contributed by atoms with Crippen LogP contribution in [0.15, 0.2) is 12.3 Å². The number of carbonyl (C=O) groups is 1. The van der Waals surface area contributed by atoms with Crippen LogP contribution in [0.5, 0.6) is 0 Å². The molecule has 18 heavy (non-hydrogen) atoms. The molecule has 1 heterocycles. The Morgan fingerprint density at radius 3 is 2.94 bits per heavy atom. The molecular formula is C13H18ClFN2O. The lowest BCUT2D eigenvalue weighted by Gasteiger charge is -2.14. The van der Waals surface area contributed by atoms with Gasteiger partial charge in [0.1, 0.15) is 11.0 Å². The van der Waals surface area contributed by atoms with Crippen molar-refractivity contribution in [3.63, 3.8) is 0 Å². The second-order valence-electron chi connectivity index (χ2n) is 4.36. The summed E-state index contributed by atoms with van der Waals surface area (Å²) >= 11 is 5.76. The highest BCUT2D eigenvalue weighted by atomic mass is 35.5. The minimum atomic E-state index is -0.566. The molecule has 1 rings (SSSR count). The minimum absolute atomic E-state index is 0.0228. The van der Waals surface area contributed by atoms with Crippen molar-refractivity contribution in [1.82, 2.24) is 10.3 Å². The molecule has 0 aliphatic carbocycles. The molecule has 1 N–H and O–H groups in total. The highest BCUT2D eigenvalue weighted by molar-refractivity contribution is 6.32. The smallest absolute Gasteiger partial charge is 0.254 e. The Hall–Kier alpha value is -1.16. The third-order valence-corrected chi connectivity index (χ3v) is 2.97. The number of nitrogens with one attached hydrogen (secondary N) is 1. The zero-order valence-corrected chi connectivity index (χ0v) is 11.4. The molecule has 0 fully saturated rings. The molecule has 100 valence electrons. The van der Waals surface area contributed by atoms with Gasteiger partial charge in [0, 0.05) is 6.04 Å². The van der Waals surface area contributed by atoms with E-state index in [1.807, 2.05) is 6.92 Å². The second kappa shape index (κ2) is 7.31. The normalized spacial score (nSPS) is 12.2. The fraction of sp³-hybridized carbons (Fsp3) is 0.538. The molecule has 0 saturated carbocycles. The first-order valence-electron chi connectivity index (χ1n) is 6.16. The molecule has 1 unspecified atom stereocenters. The van der Waals surface area contributed by atoms with E-state index >= 15 is 0 Å². The van der Waals surface area contributed by atoms with E-state index in [2.05, 4.69) is 17.2 Å². The van der Waals surface area contributed by atoms with Gasteiger partial charge < -0.3 is 5.32 Å². The van der Waals surface area contributed by atoms with Gasteiger partial charge in [-0.3, -0.25) is 4.79 Å². The van der Waals surface area contributed by atoms with Gasteiger partial charge in [0.25, 0.3) is 5.91 Å². The zero-order chi connectivity index (χ0) is 13.5. The van der Waals surface area contributed by atoms with Gasteiger partial charge >= 0.3 is 0 Å². The highest BCUT2D eigenvalue weighted by Gasteiger charge is 2.14. The van der Waals surface area contributed by atoms with Gasteiger partial charge in [-0.2, -0.15) is 0 Å². The van der Waals surface area contributed by atoms with Crippen LogP contribution in [0, 0.1) is 5.82 Å². The summed E-state index contributed by atoms with van der Waals surface area (Å²) in [4.78, 5) is 15.5. The maximum Gasteiger partial charge on any atom is 0.254 e. The zero-order valence-electron chi connectivity index (χ0n) is 10.7. The van der Waals surface area contributed by atoms with Crippen LogP contribution in [0.25, 0.3) is 0 Å². The van der Waals surface area contributed by atoms with Crippen molar-refractivity contribution in [2.45, 2.75) is 45.6 Å². The molecule has 0 aliphatic heterocycles. The predicted molar refractivity (Wildman–Crippen MR) is 70.3 cm³/mol. The average Bonchev–Trinajstić information content (AvgIpc) is 2.32. The van der Waals surface area contributed by atoms with E-state index in [1.165, 1.54) is 0 Å². The number of hydrogen-bond donors (Lipinski definition) is 1. The lowest BCUT2D eigenvalue weighted by Crippen LogP contribution is -2.32. The molecular weight excluding hydrogens is 255 g/mol. The van der Waals surface area contributed by atoms with Crippen molar-refractivity contribution in [3.8, 4) is 0 Å². The molecule has 1 atom stereocenters. The van der Waals surface area contributed by atoms with E-state index < -0.39 is 5.82 Å². The van der Waals surface area contributed by atoms with Gasteiger partial charge in [-0.15, -0.1) is 0 Å². The molecule has 0 aromatic carbocycles. The predicted octanol–water partition coefficient (Wildman–Crippen LogP) is 3.57. The Kier molecular flexibility index (Phi) is 6.05. The first-order valence-corrected chi connectivity index (χ1v) is 6.54. The Labute approximate surface area is 112 Å². The maximum absolute atomic E-state index is 13.0. The summed E-state index contributed by atoms with van der Waals surface area (Å²) in [5.41, 5.74) is 0.0824. The maximum atomic E-state index is 13.0. The molecule has 0 saturated heterocycles. The first-order chi connectivity index (χ1) is 8.54. The molecule has 3 nitrogen and oxygen atoms in total. The summed E-state index contributed by atoms with van der Waals surface area (Å²) in [5, 5.41) is 2.82. The third-order valence-electron chi connectivity index (χ3n) is 2.67. The molecule has 0 aliphatic rings. The van der Waals surface area contributed by atoms with Gasteiger partial charge in [0.2, 0.25) is 0 Å². The van der Waals surface area contributed by atoms with Crippen LogP contribution in [0.2, 0.25) is 5.15 Å². The molecule has 5 heteroatoms. The average molecular weight is 273 g/mol. The van der Waals surface area contributed by atoms with Gasteiger partial charge in [0.05, 0.1) is 11.8 Å². The molecule has 1 amide bonds. The second-order valence-corrected chi connectivity index (χ2v) is 4.72. The van der Waals surface area contributed by atoms with E-state index in [4.69, 9.17) is 11.6 Å². The minimum Gasteiger partial charge on any atom is -0.349 e. The number of halogens is 2. The summed E-state index contributed by atoms with van der Waals surface area (Å²) in [6.07, 6.45) is 5.24. The summed E-state index contributed by atoms with van der Waals surface area (Å²) in [5.74, 6) is -0.945. The van der Waals surface area contributed by atoms with Crippen LogP contribution in [-0.2, 0) is 0 Å². The van der Waals surface area contributed by atoms with Crippen molar-refractivity contribution >= 4 is 17.5 Å². The quantitative estimate of drug-likeness (QED) is 0.635. The van der Waals surface area contributed by atoms with Gasteiger partial charge in [-0.25, -0.2) is 9.37 Å². The number of unbranched alkanes of at least 4 members (excludes halogenated alkanes) is 2. The summed E-state index contributed by atoms with van der Waals surface area (Å²) in [6, 6.07) is 1.15. The third kappa shape index (κ3) is 4.61. The SMILES string of the molecule is CCCCCC(C)NC(=O)c1cc(F)cnc1Cl. The monoisotopic (exact) mass is 272 g/mol. The van der Waals surface area contributed by atoms with Crippen LogP contribution in [-0.4, -0.2) is 16.9 Å². The van der Waals surface area contributed by atoms with Crippen molar-refractivity contribution in [2.75, 3.05) is 0 Å². The molecule has 1 aromatic rings. The van der Waals surface area contributed by atoms with Gasteiger partial charge in [-0.05, 0) is 19.4 Å². The van der Waals surface area contributed by atoms with Crippen molar-refractivity contribution in [2.24, 2.45) is 0 Å². The summed E-state index contributed by atoms with van der Waals surface area (Å²) in [6.45, 7) is 4.05. The molecule has 0 radical (unpaired) electrons. The number of nitrogens with zero attached hydrogens (tertiary/aromatic N) is 1. The number of carbonyl (C=O) groups excluding carboxylic acids is 1. The number of amides is 1. The standard InChI is InChI=1S/C13H18ClFN2O/c1-3-4-5-6-9(2)17-13(18)11-7-10(15)8-16-12(11)14/h7-9H,3-6H2,1-2H3,(H,17,18). The van der Waals surface area contributed by atoms with Crippen molar-refractivity contribution < 1.29 is 9.18 Å². The highest BCUT2D eigenvalue weighted by Crippen LogP contribution is 2.14. The Morgan fingerprint density at radius 1 is 1.56 bits per heavy atom. The van der Waals surface area contributed by atoms with Crippen molar-refractivity contribution in [3.05, 3.63) is 28.8 Å². The molecule has 0 bridgehead atoms. The van der Waals surface area contributed by atoms with E-state index in [0.29, 0.717) is 0 Å². The number of hydrogen-bond acceptors (Lipinski definition) is 2. The van der Waals surface area contributed by atoms with Crippen molar-refractivity contribution in [1.29, 1.82) is 0 Å². The van der Waals surface area contributed by atoms with E-state index in [-0.39, 0.29) is 22.7 Å². The van der Waals surface area contributed by atoms with Crippen LogP contribution < -0.4 is 5.32 Å². The van der Waals surface area contributed by atoms with Gasteiger partial charge in [-0.1, -0.05) is 37.8 Å². The summed E-state index contributed by atoms with van der Waals surface area (Å²) < 4.78 is 13.0. The fourth-order valence-corrected chi connectivity index (χ4v) is 1.85. The topological polar surface area (TPSA) is 42.0 Å². The fourth-order valence-electron chi connectivity index (χ4n) is 1.66. The number of pyridine rings is 1. The largest absolute Gasteiger partial charge is 0.349 e. The lowest BCUT2D eigenvalue weighted by molar-refractivity contribution is 0.0937. The van der Waals surface area contributed by atoms with Crippen LogP contribution >= 0.6 is 11.6 Å². The van der Waals surface area contributed by atoms with E-state index in [0.717, 1.165) is 37.9 Å². The van der Waals surface area contributed by atoms with Crippen LogP contribution in [0.4, 0.5) is 4.39 Å². The van der Waals surface area contributed by atoms with Gasteiger partial charge in [0.15, 0.2) is 0 Å². The summed E-state index contributed by atoms with van der Waals surface area (Å²) in [7, 11) is 0. The van der Waals surface area contributed by atoms with Crippen LogP contribution in [0.1, 0.15) is 49.9 Å². The van der Waals surface area contributed by atoms with E-state index in [1.54, 1.807) is 0 Å². The molecule has 0 spiro atoms. The van der Waals surface area contributed by atoms with E-state index in [9.17, 15) is 9.18 Å². The Bertz CT molecular complexity index is 412. The molecule has 1 aromatic heterocycles. The lowest BCUT2D eigenvalue weighted by atomic mass is 10.1. The van der Waals surface area contributed by atoms with Crippen LogP contribution in [0.3, 0.4) is 0 Å².